The fourth-order valence-electron chi connectivity index (χ4n) is 4.70. The molecule has 214 valence electrons. The molecule has 0 bridgehead atoms. The van der Waals surface area contributed by atoms with Crippen LogP contribution in [0.25, 0.3) is 0 Å². The number of benzene rings is 3. The fraction of sp³-hybridized carbons (Fsp3) is 0.375. The summed E-state index contributed by atoms with van der Waals surface area (Å²) < 4.78 is 26.7. The largest absolute Gasteiger partial charge is 0.355 e. The van der Waals surface area contributed by atoms with Gasteiger partial charge < -0.3 is 10.2 Å². The van der Waals surface area contributed by atoms with Crippen molar-refractivity contribution in [2.75, 3.05) is 23.7 Å². The van der Waals surface area contributed by atoms with Gasteiger partial charge in [0.25, 0.3) is 0 Å². The normalized spacial score (nSPS) is 12.0. The highest BCUT2D eigenvalue weighted by atomic mass is 32.2. The van der Waals surface area contributed by atoms with Gasteiger partial charge in [0, 0.05) is 32.5 Å². The molecule has 0 fully saturated rings. The lowest BCUT2D eigenvalue weighted by atomic mass is 10.0. The first-order valence-electron chi connectivity index (χ1n) is 13.7. The predicted octanol–water partition coefficient (Wildman–Crippen LogP) is 4.93. The number of carbonyl (C=O) groups excluding carboxylic acids is 2. The van der Waals surface area contributed by atoms with Gasteiger partial charge in [0.1, 0.15) is 6.04 Å². The third-order valence-electron chi connectivity index (χ3n) is 7.15. The molecule has 3 aromatic carbocycles. The van der Waals surface area contributed by atoms with Gasteiger partial charge in [0.2, 0.25) is 21.8 Å². The Bertz CT molecular complexity index is 1410. The highest BCUT2D eigenvalue weighted by Gasteiger charge is 2.30. The highest BCUT2D eigenvalue weighted by Crippen LogP contribution is 2.23. The Morgan fingerprint density at radius 1 is 0.875 bits per heavy atom. The molecule has 0 aliphatic carbocycles. The van der Waals surface area contributed by atoms with Crippen molar-refractivity contribution in [1.82, 2.24) is 10.2 Å². The number of hydrogen-bond acceptors (Lipinski definition) is 4. The molecule has 40 heavy (non-hydrogen) atoms. The lowest BCUT2D eigenvalue weighted by Crippen LogP contribution is -2.50. The first-order chi connectivity index (χ1) is 19.0. The highest BCUT2D eigenvalue weighted by molar-refractivity contribution is 7.92. The van der Waals surface area contributed by atoms with E-state index in [1.807, 2.05) is 94.4 Å². The smallest absolute Gasteiger partial charge is 0.243 e. The van der Waals surface area contributed by atoms with Gasteiger partial charge in [0.05, 0.1) is 11.9 Å². The monoisotopic (exact) mass is 563 g/mol. The van der Waals surface area contributed by atoms with E-state index in [2.05, 4.69) is 5.32 Å². The second-order valence-electron chi connectivity index (χ2n) is 10.3. The van der Waals surface area contributed by atoms with Gasteiger partial charge in [-0.1, -0.05) is 60.7 Å². The van der Waals surface area contributed by atoms with Crippen molar-refractivity contribution in [3.8, 4) is 0 Å². The molecule has 3 aromatic rings. The molecular weight excluding hydrogens is 522 g/mol. The van der Waals surface area contributed by atoms with Crippen LogP contribution in [0.3, 0.4) is 0 Å². The van der Waals surface area contributed by atoms with Crippen LogP contribution in [0.5, 0.6) is 0 Å². The lowest BCUT2D eigenvalue weighted by molar-refractivity contribution is -0.141. The minimum atomic E-state index is -3.55. The number of rotatable bonds is 13. The molecule has 0 aliphatic heterocycles. The van der Waals surface area contributed by atoms with Crippen molar-refractivity contribution < 1.29 is 18.0 Å². The molecule has 8 heteroatoms. The van der Waals surface area contributed by atoms with Crippen LogP contribution in [-0.4, -0.2) is 50.5 Å². The zero-order valence-corrected chi connectivity index (χ0v) is 25.0. The molecule has 0 aliphatic rings. The summed E-state index contributed by atoms with van der Waals surface area (Å²) in [5, 5.41) is 2.91. The molecule has 1 atom stereocenters. The van der Waals surface area contributed by atoms with Crippen LogP contribution in [0.1, 0.15) is 47.6 Å². The van der Waals surface area contributed by atoms with Crippen LogP contribution < -0.4 is 9.62 Å². The van der Waals surface area contributed by atoms with Crippen molar-refractivity contribution in [3.05, 3.63) is 101 Å². The van der Waals surface area contributed by atoms with Crippen LogP contribution in [0.15, 0.2) is 72.8 Å². The van der Waals surface area contributed by atoms with Crippen LogP contribution in [-0.2, 0) is 32.6 Å². The summed E-state index contributed by atoms with van der Waals surface area (Å²) in [5.74, 6) is -0.398. The first kappa shape index (κ1) is 30.9. The van der Waals surface area contributed by atoms with Gasteiger partial charge in [-0.25, -0.2) is 8.42 Å². The van der Waals surface area contributed by atoms with Crippen molar-refractivity contribution in [3.63, 3.8) is 0 Å². The Morgan fingerprint density at radius 3 is 2.17 bits per heavy atom. The number of aryl methyl sites for hydroxylation is 3. The quantitative estimate of drug-likeness (QED) is 0.319. The number of hydrogen-bond donors (Lipinski definition) is 1. The Labute approximate surface area is 239 Å². The standard InChI is InChI=1S/C32H41N3O4S/c1-6-33-32(37)30(22-27-14-8-7-9-15-27)34(23-28-16-11-10-13-25(28)3)31(36)17-12-20-35(40(5,38)39)29-19-18-24(2)26(4)21-29/h7-11,13-16,18-19,21,30H,6,12,17,20,22-23H2,1-5H3,(H,33,37)/t30-/m0/s1. The molecule has 1 N–H and O–H groups in total. The van der Waals surface area contributed by atoms with Crippen molar-refractivity contribution in [2.45, 2.75) is 59.5 Å². The fourth-order valence-corrected chi connectivity index (χ4v) is 5.66. The summed E-state index contributed by atoms with van der Waals surface area (Å²) in [4.78, 5) is 28.8. The van der Waals surface area contributed by atoms with E-state index in [0.717, 1.165) is 27.8 Å². The maximum absolute atomic E-state index is 13.8. The minimum Gasteiger partial charge on any atom is -0.355 e. The topological polar surface area (TPSA) is 86.8 Å². The van der Waals surface area contributed by atoms with E-state index in [4.69, 9.17) is 0 Å². The van der Waals surface area contributed by atoms with Crippen LogP contribution >= 0.6 is 0 Å². The van der Waals surface area contributed by atoms with E-state index in [0.29, 0.717) is 25.1 Å². The number of likely N-dealkylation sites (N-methyl/N-ethyl adjacent to an activating group) is 1. The molecule has 0 saturated carbocycles. The van der Waals surface area contributed by atoms with Gasteiger partial charge in [-0.15, -0.1) is 0 Å². The second-order valence-corrected chi connectivity index (χ2v) is 12.2. The molecule has 2 amide bonds. The second kappa shape index (κ2) is 14.1. The van der Waals surface area contributed by atoms with Gasteiger partial charge in [0.15, 0.2) is 0 Å². The van der Waals surface area contributed by atoms with Gasteiger partial charge in [-0.3, -0.25) is 13.9 Å². The maximum Gasteiger partial charge on any atom is 0.243 e. The summed E-state index contributed by atoms with van der Waals surface area (Å²) in [6, 6.07) is 22.3. The molecule has 0 saturated heterocycles. The average Bonchev–Trinajstić information content (AvgIpc) is 2.91. The number of nitrogens with zero attached hydrogens (tertiary/aromatic N) is 2. The van der Waals surface area contributed by atoms with Crippen molar-refractivity contribution >= 4 is 27.5 Å². The SMILES string of the molecule is CCNC(=O)[C@H](Cc1ccccc1)N(Cc1ccccc1C)C(=O)CCCN(c1ccc(C)c(C)c1)S(C)(=O)=O. The molecule has 3 rings (SSSR count). The van der Waals surface area contributed by atoms with E-state index < -0.39 is 16.1 Å². The Morgan fingerprint density at radius 2 is 1.55 bits per heavy atom. The molecule has 0 aromatic heterocycles. The maximum atomic E-state index is 13.8. The lowest BCUT2D eigenvalue weighted by Gasteiger charge is -2.32. The van der Waals surface area contributed by atoms with E-state index in [1.54, 1.807) is 11.0 Å². The summed E-state index contributed by atoms with van der Waals surface area (Å²) >= 11 is 0. The summed E-state index contributed by atoms with van der Waals surface area (Å²) in [6.07, 6.45) is 1.98. The van der Waals surface area contributed by atoms with Gasteiger partial charge >= 0.3 is 0 Å². The molecule has 0 heterocycles. The number of amides is 2. The number of sulfonamides is 1. The number of anilines is 1. The van der Waals surface area contributed by atoms with Crippen molar-refractivity contribution in [1.29, 1.82) is 0 Å². The zero-order valence-electron chi connectivity index (χ0n) is 24.2. The third kappa shape index (κ3) is 8.42. The number of nitrogens with one attached hydrogen (secondary N) is 1. The average molecular weight is 564 g/mol. The zero-order chi connectivity index (χ0) is 29.3. The minimum absolute atomic E-state index is 0.105. The number of carbonyl (C=O) groups is 2. The van der Waals surface area contributed by atoms with Crippen LogP contribution in [0.4, 0.5) is 5.69 Å². The molecule has 0 unspecified atom stereocenters. The van der Waals surface area contributed by atoms with Crippen LogP contribution in [0, 0.1) is 20.8 Å². The summed E-state index contributed by atoms with van der Waals surface area (Å²) in [7, 11) is -3.55. The molecule has 0 radical (unpaired) electrons. The third-order valence-corrected chi connectivity index (χ3v) is 8.35. The predicted molar refractivity (Wildman–Crippen MR) is 162 cm³/mol. The Kier molecular flexibility index (Phi) is 10.9. The van der Waals surface area contributed by atoms with Crippen LogP contribution in [0.2, 0.25) is 0 Å². The van der Waals surface area contributed by atoms with E-state index in [-0.39, 0.29) is 31.3 Å². The Hall–Kier alpha value is -3.65. The Balaban J connectivity index is 1.87. The van der Waals surface area contributed by atoms with E-state index in [1.165, 1.54) is 10.6 Å². The molecule has 0 spiro atoms. The van der Waals surface area contributed by atoms with Gasteiger partial charge in [-0.05, 0) is 74.1 Å². The van der Waals surface area contributed by atoms with E-state index >= 15 is 0 Å². The first-order valence-corrected chi connectivity index (χ1v) is 15.6. The van der Waals surface area contributed by atoms with Crippen molar-refractivity contribution in [2.24, 2.45) is 0 Å². The summed E-state index contributed by atoms with van der Waals surface area (Å²) in [6.45, 7) is 8.67. The molecular formula is C32H41N3O4S. The molecule has 7 nitrogen and oxygen atoms in total. The summed E-state index contributed by atoms with van der Waals surface area (Å²) in [5.41, 5.74) is 5.61. The van der Waals surface area contributed by atoms with Gasteiger partial charge in [-0.2, -0.15) is 0 Å². The van der Waals surface area contributed by atoms with E-state index in [9.17, 15) is 18.0 Å².